The van der Waals surface area contributed by atoms with Gasteiger partial charge in [-0.25, -0.2) is 0 Å². The Bertz CT molecular complexity index is 412. The summed E-state index contributed by atoms with van der Waals surface area (Å²) in [6.45, 7) is 4.19. The molecule has 5 heteroatoms. The Kier molecular flexibility index (Phi) is 2.92. The average Bonchev–Trinajstić information content (AvgIpc) is 2.75. The Balaban J connectivity index is 2.25. The van der Waals surface area contributed by atoms with Crippen molar-refractivity contribution < 1.29 is 4.74 Å². The van der Waals surface area contributed by atoms with E-state index in [0.29, 0.717) is 19.0 Å². The lowest BCUT2D eigenvalue weighted by molar-refractivity contribution is 0.290. The van der Waals surface area contributed by atoms with Crippen LogP contribution in [0.5, 0.6) is 6.01 Å². The fraction of sp³-hybridized carbons (Fsp3) is 0.200. The Morgan fingerprint density at radius 3 is 2.80 bits per heavy atom. The van der Waals surface area contributed by atoms with Crippen LogP contribution in [-0.4, -0.2) is 26.8 Å². The van der Waals surface area contributed by atoms with E-state index in [1.165, 1.54) is 0 Å². The molecule has 0 aliphatic heterocycles. The van der Waals surface area contributed by atoms with Gasteiger partial charge in [0.1, 0.15) is 0 Å². The molecule has 1 heterocycles. The van der Waals surface area contributed by atoms with Gasteiger partial charge in [-0.05, 0) is 35.9 Å². The van der Waals surface area contributed by atoms with Crippen LogP contribution in [0.1, 0.15) is 6.42 Å². The number of ether oxygens (including phenoxy) is 1. The summed E-state index contributed by atoms with van der Waals surface area (Å²) in [5.41, 5.74) is 0.876. The summed E-state index contributed by atoms with van der Waals surface area (Å²) in [5, 5.41) is 11.2. The summed E-state index contributed by atoms with van der Waals surface area (Å²) >= 11 is 0. The van der Waals surface area contributed by atoms with Crippen molar-refractivity contribution in [3.05, 3.63) is 37.3 Å². The van der Waals surface area contributed by atoms with Crippen LogP contribution in [0, 0.1) is 6.92 Å². The van der Waals surface area contributed by atoms with Gasteiger partial charge in [-0.3, -0.25) is 0 Å². The van der Waals surface area contributed by atoms with Crippen molar-refractivity contribution in [2.45, 2.75) is 6.42 Å². The minimum atomic E-state index is 0.393. The normalized spacial score (nSPS) is 10.2. The van der Waals surface area contributed by atoms with Crippen LogP contribution in [0.15, 0.2) is 30.3 Å². The smallest absolute Gasteiger partial charge is 0.340 e. The maximum Gasteiger partial charge on any atom is 0.340 e. The quantitative estimate of drug-likeness (QED) is 0.750. The molecule has 0 N–H and O–H groups in total. The zero-order valence-corrected chi connectivity index (χ0v) is 8.21. The number of tetrazole rings is 1. The van der Waals surface area contributed by atoms with Crippen molar-refractivity contribution in [1.29, 1.82) is 0 Å². The molecule has 0 aliphatic rings. The van der Waals surface area contributed by atoms with Gasteiger partial charge in [-0.15, -0.1) is 0 Å². The molecular formula is C10H11N4O. The third-order valence-electron chi connectivity index (χ3n) is 1.82. The third kappa shape index (κ3) is 2.12. The van der Waals surface area contributed by atoms with E-state index in [1.807, 2.05) is 30.3 Å². The molecule has 1 aromatic heterocycles. The number of hydrogen-bond acceptors (Lipinski definition) is 4. The van der Waals surface area contributed by atoms with E-state index in [-0.39, 0.29) is 0 Å². The first-order chi connectivity index (χ1) is 7.42. The topological polar surface area (TPSA) is 52.8 Å². The van der Waals surface area contributed by atoms with Gasteiger partial charge in [0.05, 0.1) is 12.3 Å². The molecule has 0 aliphatic carbocycles. The molecule has 0 atom stereocenters. The van der Waals surface area contributed by atoms with Gasteiger partial charge >= 0.3 is 6.01 Å². The highest BCUT2D eigenvalue weighted by molar-refractivity contribution is 5.31. The Hall–Kier alpha value is -1.91. The monoisotopic (exact) mass is 203 g/mol. The standard InChI is InChI=1S/C10H11N4O/c1-2-8-15-10-11-12-13-14(10)9-6-4-3-5-7-9/h3-7H,1-2,8H2. The van der Waals surface area contributed by atoms with E-state index < -0.39 is 0 Å². The van der Waals surface area contributed by atoms with E-state index in [4.69, 9.17) is 4.74 Å². The fourth-order valence-electron chi connectivity index (χ4n) is 1.16. The molecule has 0 bridgehead atoms. The largest absolute Gasteiger partial charge is 0.462 e. The fourth-order valence-corrected chi connectivity index (χ4v) is 1.16. The molecular weight excluding hydrogens is 192 g/mol. The van der Waals surface area contributed by atoms with E-state index in [2.05, 4.69) is 22.4 Å². The van der Waals surface area contributed by atoms with E-state index >= 15 is 0 Å². The van der Waals surface area contributed by atoms with Gasteiger partial charge < -0.3 is 4.74 Å². The molecule has 2 rings (SSSR count). The molecule has 2 aromatic rings. The average molecular weight is 203 g/mol. The molecule has 77 valence electrons. The number of rotatable bonds is 4. The van der Waals surface area contributed by atoms with Gasteiger partial charge in [0.15, 0.2) is 0 Å². The molecule has 1 aromatic carbocycles. The SMILES string of the molecule is [CH2]CCOc1nnnn1-c1ccccc1. The van der Waals surface area contributed by atoms with Gasteiger partial charge in [0.25, 0.3) is 0 Å². The first-order valence-electron chi connectivity index (χ1n) is 4.67. The van der Waals surface area contributed by atoms with Crippen molar-refractivity contribution in [3.8, 4) is 11.7 Å². The predicted octanol–water partition coefficient (Wildman–Crippen LogP) is 1.27. The molecule has 0 amide bonds. The zero-order chi connectivity index (χ0) is 10.5. The second-order valence-electron chi connectivity index (χ2n) is 2.91. The summed E-state index contributed by atoms with van der Waals surface area (Å²) in [5.74, 6) is 0. The number of aromatic nitrogens is 4. The Morgan fingerprint density at radius 2 is 2.07 bits per heavy atom. The van der Waals surface area contributed by atoms with E-state index in [1.54, 1.807) is 4.68 Å². The second-order valence-corrected chi connectivity index (χ2v) is 2.91. The molecule has 0 saturated carbocycles. The van der Waals surface area contributed by atoms with Gasteiger partial charge in [-0.1, -0.05) is 23.3 Å². The summed E-state index contributed by atoms with van der Waals surface area (Å²) < 4.78 is 6.90. The van der Waals surface area contributed by atoms with Crippen molar-refractivity contribution in [2.75, 3.05) is 6.61 Å². The highest BCUT2D eigenvalue weighted by Crippen LogP contribution is 2.12. The third-order valence-corrected chi connectivity index (χ3v) is 1.82. The van der Waals surface area contributed by atoms with Crippen LogP contribution < -0.4 is 4.74 Å². The van der Waals surface area contributed by atoms with E-state index in [9.17, 15) is 0 Å². The predicted molar refractivity (Wildman–Crippen MR) is 54.6 cm³/mol. The van der Waals surface area contributed by atoms with Gasteiger partial charge in [-0.2, -0.15) is 4.68 Å². The lowest BCUT2D eigenvalue weighted by atomic mass is 10.3. The van der Waals surface area contributed by atoms with E-state index in [0.717, 1.165) is 5.69 Å². The molecule has 5 nitrogen and oxygen atoms in total. The van der Waals surface area contributed by atoms with Crippen molar-refractivity contribution in [2.24, 2.45) is 0 Å². The van der Waals surface area contributed by atoms with Crippen LogP contribution in [0.4, 0.5) is 0 Å². The Labute approximate surface area is 87.7 Å². The lowest BCUT2D eigenvalue weighted by Gasteiger charge is -2.04. The summed E-state index contributed by atoms with van der Waals surface area (Å²) in [6, 6.07) is 9.99. The second kappa shape index (κ2) is 4.54. The van der Waals surface area contributed by atoms with Gasteiger partial charge in [0, 0.05) is 0 Å². The molecule has 15 heavy (non-hydrogen) atoms. The number of para-hydroxylation sites is 1. The molecule has 0 fully saturated rings. The van der Waals surface area contributed by atoms with Crippen molar-refractivity contribution in [1.82, 2.24) is 20.2 Å². The molecule has 0 spiro atoms. The van der Waals surface area contributed by atoms with Gasteiger partial charge in [0.2, 0.25) is 0 Å². The van der Waals surface area contributed by atoms with Crippen LogP contribution in [0.2, 0.25) is 0 Å². The van der Waals surface area contributed by atoms with Crippen LogP contribution in [-0.2, 0) is 0 Å². The molecule has 0 saturated heterocycles. The first-order valence-corrected chi connectivity index (χ1v) is 4.67. The minimum absolute atomic E-state index is 0.393. The van der Waals surface area contributed by atoms with Crippen molar-refractivity contribution >= 4 is 0 Å². The maximum atomic E-state index is 5.35. The maximum absolute atomic E-state index is 5.35. The van der Waals surface area contributed by atoms with Crippen LogP contribution in [0.3, 0.4) is 0 Å². The number of benzene rings is 1. The molecule has 1 radical (unpaired) electrons. The summed E-state index contributed by atoms with van der Waals surface area (Å²) in [7, 11) is 0. The zero-order valence-electron chi connectivity index (χ0n) is 8.21. The number of hydrogen-bond donors (Lipinski definition) is 0. The Morgan fingerprint density at radius 1 is 1.27 bits per heavy atom. The summed E-state index contributed by atoms with van der Waals surface area (Å²) in [4.78, 5) is 0. The summed E-state index contributed by atoms with van der Waals surface area (Å²) in [6.07, 6.45) is 0.682. The van der Waals surface area contributed by atoms with Crippen molar-refractivity contribution in [3.63, 3.8) is 0 Å². The van der Waals surface area contributed by atoms with Crippen LogP contribution in [0.25, 0.3) is 5.69 Å². The number of nitrogens with zero attached hydrogens (tertiary/aromatic N) is 4. The minimum Gasteiger partial charge on any atom is -0.462 e. The lowest BCUT2D eigenvalue weighted by Crippen LogP contribution is -2.04. The molecule has 0 unspecified atom stereocenters. The van der Waals surface area contributed by atoms with Crippen LogP contribution >= 0.6 is 0 Å². The highest BCUT2D eigenvalue weighted by atomic mass is 16.5. The first kappa shape index (κ1) is 9.64. The highest BCUT2D eigenvalue weighted by Gasteiger charge is 2.07.